The number of aromatic nitrogens is 2. The molecule has 9 heteroatoms. The minimum atomic E-state index is -3.27. The molecule has 1 aromatic heterocycles. The van der Waals surface area contributed by atoms with Gasteiger partial charge in [0.2, 0.25) is 12.1 Å². The van der Waals surface area contributed by atoms with Crippen LogP contribution in [0.1, 0.15) is 25.5 Å². The summed E-state index contributed by atoms with van der Waals surface area (Å²) in [5.74, 6) is -3.26. The Kier molecular flexibility index (Phi) is 3.69. The van der Waals surface area contributed by atoms with Gasteiger partial charge in [0.15, 0.2) is 0 Å². The monoisotopic (exact) mass is 315 g/mol. The summed E-state index contributed by atoms with van der Waals surface area (Å²) in [5, 5.41) is 8.94. The molecule has 0 aliphatic carbocycles. The van der Waals surface area contributed by atoms with E-state index in [1.54, 1.807) is 0 Å². The Hall–Kier alpha value is -1.87. The van der Waals surface area contributed by atoms with Crippen molar-refractivity contribution in [3.63, 3.8) is 0 Å². The topological polar surface area (TPSA) is 84.7 Å². The molecule has 2 aliphatic heterocycles. The highest BCUT2D eigenvalue weighted by atomic mass is 19.3. The van der Waals surface area contributed by atoms with Crippen LogP contribution in [0.3, 0.4) is 0 Å². The van der Waals surface area contributed by atoms with E-state index in [4.69, 9.17) is 9.84 Å². The van der Waals surface area contributed by atoms with E-state index in [1.807, 2.05) is 0 Å². The third-order valence-electron chi connectivity index (χ3n) is 3.80. The van der Waals surface area contributed by atoms with Crippen LogP contribution in [0, 0.1) is 0 Å². The second-order valence-electron chi connectivity index (χ2n) is 5.38. The fourth-order valence-electron chi connectivity index (χ4n) is 2.73. The summed E-state index contributed by atoms with van der Waals surface area (Å²) >= 11 is 0. The predicted molar refractivity (Wildman–Crippen MR) is 70.6 cm³/mol. The molecule has 0 bridgehead atoms. The Bertz CT molecular complexity index is 648. The summed E-state index contributed by atoms with van der Waals surface area (Å²) in [6.45, 7) is -0.0907. The molecule has 2 aliphatic rings. The molecule has 0 saturated carbocycles. The standard InChI is InChI=1S/C13H15F2N3O4/c14-13(15)6-8(7-19)22-11(13)18-5-3-9(16-12(18)21)17-4-1-2-10(17)20/h3,5,8,11,19H,1-2,4,6-7H2/t8?,11-/m1/s1. The summed E-state index contributed by atoms with van der Waals surface area (Å²) in [6.07, 6.45) is -1.28. The zero-order chi connectivity index (χ0) is 15.9. The molecule has 0 radical (unpaired) electrons. The number of carbonyl (C=O) groups excluding carboxylic acids is 1. The van der Waals surface area contributed by atoms with Gasteiger partial charge >= 0.3 is 5.69 Å². The molecule has 0 spiro atoms. The maximum atomic E-state index is 13.9. The number of hydrogen-bond acceptors (Lipinski definition) is 5. The maximum Gasteiger partial charge on any atom is 0.351 e. The fraction of sp³-hybridized carbons (Fsp3) is 0.615. The summed E-state index contributed by atoms with van der Waals surface area (Å²) in [6, 6.07) is 1.34. The predicted octanol–water partition coefficient (Wildman–Crippen LogP) is 0.285. The number of amides is 1. The number of hydrogen-bond donors (Lipinski definition) is 1. The van der Waals surface area contributed by atoms with Crippen LogP contribution in [0.5, 0.6) is 0 Å². The third-order valence-corrected chi connectivity index (χ3v) is 3.80. The van der Waals surface area contributed by atoms with Crippen LogP contribution >= 0.6 is 0 Å². The lowest BCUT2D eigenvalue weighted by molar-refractivity contribution is -0.120. The molecule has 1 amide bonds. The van der Waals surface area contributed by atoms with Crippen molar-refractivity contribution in [1.82, 2.24) is 9.55 Å². The number of anilines is 1. The van der Waals surface area contributed by atoms with Crippen molar-refractivity contribution in [2.24, 2.45) is 0 Å². The maximum absolute atomic E-state index is 13.9. The van der Waals surface area contributed by atoms with Crippen molar-refractivity contribution in [1.29, 1.82) is 0 Å². The average molecular weight is 315 g/mol. The molecule has 1 aromatic rings. The van der Waals surface area contributed by atoms with E-state index in [1.165, 1.54) is 11.0 Å². The molecule has 1 unspecified atom stereocenters. The van der Waals surface area contributed by atoms with E-state index in [-0.39, 0.29) is 11.7 Å². The van der Waals surface area contributed by atoms with Gasteiger partial charge in [0.25, 0.3) is 5.92 Å². The van der Waals surface area contributed by atoms with Crippen molar-refractivity contribution in [3.05, 3.63) is 22.7 Å². The molecular weight excluding hydrogens is 300 g/mol. The van der Waals surface area contributed by atoms with Crippen LogP contribution in [0.25, 0.3) is 0 Å². The molecular formula is C13H15F2N3O4. The van der Waals surface area contributed by atoms with Gasteiger partial charge in [0.05, 0.1) is 12.7 Å². The average Bonchev–Trinajstić information content (AvgIpc) is 3.02. The lowest BCUT2D eigenvalue weighted by Gasteiger charge is -2.21. The minimum Gasteiger partial charge on any atom is -0.394 e. The first-order valence-electron chi connectivity index (χ1n) is 6.96. The van der Waals surface area contributed by atoms with Crippen LogP contribution in [0.2, 0.25) is 0 Å². The molecule has 3 rings (SSSR count). The van der Waals surface area contributed by atoms with Crippen molar-refractivity contribution in [2.75, 3.05) is 18.1 Å². The van der Waals surface area contributed by atoms with Gasteiger partial charge < -0.3 is 9.84 Å². The zero-order valence-electron chi connectivity index (χ0n) is 11.6. The van der Waals surface area contributed by atoms with Crippen molar-refractivity contribution in [3.8, 4) is 0 Å². The van der Waals surface area contributed by atoms with Gasteiger partial charge in [-0.25, -0.2) is 13.6 Å². The van der Waals surface area contributed by atoms with E-state index < -0.39 is 37.0 Å². The molecule has 2 fully saturated rings. The van der Waals surface area contributed by atoms with Crippen molar-refractivity contribution in [2.45, 2.75) is 37.5 Å². The number of rotatable bonds is 3. The van der Waals surface area contributed by atoms with Gasteiger partial charge in [-0.1, -0.05) is 0 Å². The first kappa shape index (κ1) is 15.0. The number of halogens is 2. The van der Waals surface area contributed by atoms with Crippen LogP contribution < -0.4 is 10.6 Å². The van der Waals surface area contributed by atoms with Crippen LogP contribution in [0.4, 0.5) is 14.6 Å². The second kappa shape index (κ2) is 5.40. The number of alkyl halides is 2. The number of aliphatic hydroxyl groups excluding tert-OH is 1. The van der Waals surface area contributed by atoms with Crippen molar-refractivity contribution < 1.29 is 23.4 Å². The normalized spacial score (nSPS) is 27.6. The summed E-state index contributed by atoms with van der Waals surface area (Å²) in [7, 11) is 0. The number of carbonyl (C=O) groups is 1. The molecule has 7 nitrogen and oxygen atoms in total. The zero-order valence-corrected chi connectivity index (χ0v) is 11.6. The molecule has 2 saturated heterocycles. The molecule has 120 valence electrons. The van der Waals surface area contributed by atoms with Gasteiger partial charge in [-0.2, -0.15) is 4.98 Å². The smallest absolute Gasteiger partial charge is 0.351 e. The minimum absolute atomic E-state index is 0.146. The van der Waals surface area contributed by atoms with Gasteiger partial charge in [-0.15, -0.1) is 0 Å². The van der Waals surface area contributed by atoms with Gasteiger partial charge in [-0.05, 0) is 12.5 Å². The molecule has 0 aromatic carbocycles. The van der Waals surface area contributed by atoms with Gasteiger partial charge in [0.1, 0.15) is 5.82 Å². The number of nitrogens with zero attached hydrogens (tertiary/aromatic N) is 3. The summed E-state index contributed by atoms with van der Waals surface area (Å²) < 4.78 is 33.5. The molecule has 1 N–H and O–H groups in total. The molecule has 2 atom stereocenters. The van der Waals surface area contributed by atoms with Crippen LogP contribution in [-0.4, -0.2) is 45.7 Å². The van der Waals surface area contributed by atoms with Crippen LogP contribution in [-0.2, 0) is 9.53 Å². The first-order chi connectivity index (χ1) is 10.4. The van der Waals surface area contributed by atoms with E-state index in [9.17, 15) is 18.4 Å². The Labute approximate surface area is 124 Å². The SMILES string of the molecule is O=C1CCCN1c1ccn([C@@H]2OC(CO)CC2(F)F)c(=O)n1. The van der Waals surface area contributed by atoms with E-state index >= 15 is 0 Å². The number of aliphatic hydroxyl groups is 1. The Morgan fingerprint density at radius 3 is 2.77 bits per heavy atom. The Morgan fingerprint density at radius 2 is 2.23 bits per heavy atom. The highest BCUT2D eigenvalue weighted by molar-refractivity contribution is 5.94. The fourth-order valence-corrected chi connectivity index (χ4v) is 2.73. The quantitative estimate of drug-likeness (QED) is 0.866. The highest BCUT2D eigenvalue weighted by Crippen LogP contribution is 2.41. The molecule has 3 heterocycles. The van der Waals surface area contributed by atoms with E-state index in [2.05, 4.69) is 4.98 Å². The Balaban J connectivity index is 1.90. The summed E-state index contributed by atoms with van der Waals surface area (Å²) in [5.41, 5.74) is -0.916. The third kappa shape index (κ3) is 2.50. The summed E-state index contributed by atoms with van der Waals surface area (Å²) in [4.78, 5) is 28.7. The second-order valence-corrected chi connectivity index (χ2v) is 5.38. The van der Waals surface area contributed by atoms with Gasteiger partial charge in [-0.3, -0.25) is 14.3 Å². The van der Waals surface area contributed by atoms with Gasteiger partial charge in [0, 0.05) is 25.6 Å². The largest absolute Gasteiger partial charge is 0.394 e. The lowest BCUT2D eigenvalue weighted by Crippen LogP contribution is -2.36. The highest BCUT2D eigenvalue weighted by Gasteiger charge is 2.51. The lowest BCUT2D eigenvalue weighted by atomic mass is 10.2. The van der Waals surface area contributed by atoms with E-state index in [0.29, 0.717) is 24.0 Å². The molecule has 22 heavy (non-hydrogen) atoms. The first-order valence-corrected chi connectivity index (χ1v) is 6.96. The van der Waals surface area contributed by atoms with Crippen LogP contribution in [0.15, 0.2) is 17.1 Å². The Morgan fingerprint density at radius 1 is 1.45 bits per heavy atom. The van der Waals surface area contributed by atoms with E-state index in [0.717, 1.165) is 6.20 Å². The number of ether oxygens (including phenoxy) is 1. The van der Waals surface area contributed by atoms with Crippen molar-refractivity contribution >= 4 is 11.7 Å².